The van der Waals surface area contributed by atoms with Crippen molar-refractivity contribution in [3.63, 3.8) is 0 Å². The molecule has 1 aromatic rings. The molecule has 1 aromatic carbocycles. The van der Waals surface area contributed by atoms with Crippen LogP contribution in [-0.2, 0) is 4.74 Å². The highest BCUT2D eigenvalue weighted by molar-refractivity contribution is 6.40. The summed E-state index contributed by atoms with van der Waals surface area (Å²) in [5, 5.41) is 1.12. The van der Waals surface area contributed by atoms with E-state index in [-0.39, 0.29) is 12.7 Å². The Kier molecular flexibility index (Phi) is 8.01. The van der Waals surface area contributed by atoms with Gasteiger partial charge in [-0.3, -0.25) is 0 Å². The summed E-state index contributed by atoms with van der Waals surface area (Å²) >= 11 is 17.9. The topological polar surface area (TPSA) is 38.8 Å². The molecule has 0 saturated heterocycles. The van der Waals surface area contributed by atoms with Crippen molar-refractivity contribution in [2.75, 3.05) is 26.3 Å². The van der Waals surface area contributed by atoms with E-state index in [4.69, 9.17) is 44.3 Å². The van der Waals surface area contributed by atoms with Crippen molar-refractivity contribution in [2.24, 2.45) is 0 Å². The normalized spacial score (nSPS) is 10.3. The largest absolute Gasteiger partial charge is 0.489 e. The van der Waals surface area contributed by atoms with E-state index in [1.807, 2.05) is 6.92 Å². The Morgan fingerprint density at radius 3 is 2.29 bits per heavy atom. The first-order valence-electron chi connectivity index (χ1n) is 6.68. The van der Waals surface area contributed by atoms with Gasteiger partial charge in [-0.2, -0.15) is 0 Å². The van der Waals surface area contributed by atoms with Gasteiger partial charge < -0.3 is 14.4 Å². The molecule has 118 valence electrons. The van der Waals surface area contributed by atoms with Crippen LogP contribution in [0.25, 0.3) is 0 Å². The van der Waals surface area contributed by atoms with Crippen LogP contribution in [0, 0.1) is 0 Å². The second-order valence-electron chi connectivity index (χ2n) is 4.23. The van der Waals surface area contributed by atoms with Crippen molar-refractivity contribution < 1.29 is 14.3 Å². The van der Waals surface area contributed by atoms with Crippen LogP contribution in [-0.4, -0.2) is 37.3 Å². The van der Waals surface area contributed by atoms with Gasteiger partial charge in [-0.1, -0.05) is 41.7 Å². The standard InChI is InChI=1S/C14H18Cl3NO3/c1-3-5-18(14(19)20-4-2)6-7-21-13-11(16)8-10(15)9-12(13)17/h8-9H,3-7H2,1-2H3. The third kappa shape index (κ3) is 5.81. The number of benzene rings is 1. The third-order valence-corrected chi connectivity index (χ3v) is 3.37. The summed E-state index contributed by atoms with van der Waals surface area (Å²) in [6.45, 7) is 5.35. The van der Waals surface area contributed by atoms with E-state index in [1.54, 1.807) is 24.0 Å². The molecular weight excluding hydrogens is 337 g/mol. The van der Waals surface area contributed by atoms with E-state index in [9.17, 15) is 4.79 Å². The van der Waals surface area contributed by atoms with Crippen LogP contribution in [0.5, 0.6) is 5.75 Å². The first-order valence-corrected chi connectivity index (χ1v) is 7.82. The molecule has 0 aromatic heterocycles. The number of carbonyl (C=O) groups excluding carboxylic acids is 1. The Labute approximate surface area is 139 Å². The number of rotatable bonds is 7. The number of halogens is 3. The van der Waals surface area contributed by atoms with Crippen LogP contribution in [0.4, 0.5) is 4.79 Å². The van der Waals surface area contributed by atoms with E-state index in [0.717, 1.165) is 6.42 Å². The molecule has 4 nitrogen and oxygen atoms in total. The quantitative estimate of drug-likeness (QED) is 0.699. The molecule has 0 heterocycles. The molecule has 0 atom stereocenters. The number of amides is 1. The van der Waals surface area contributed by atoms with Crippen LogP contribution < -0.4 is 4.74 Å². The minimum Gasteiger partial charge on any atom is -0.489 e. The Balaban J connectivity index is 2.60. The minimum atomic E-state index is -0.351. The van der Waals surface area contributed by atoms with Crippen LogP contribution >= 0.6 is 34.8 Å². The van der Waals surface area contributed by atoms with E-state index in [1.165, 1.54) is 0 Å². The molecule has 7 heteroatoms. The van der Waals surface area contributed by atoms with Gasteiger partial charge >= 0.3 is 6.09 Å². The Hall–Kier alpha value is -0.840. The lowest BCUT2D eigenvalue weighted by Crippen LogP contribution is -2.35. The number of hydrogen-bond acceptors (Lipinski definition) is 3. The first-order chi connectivity index (χ1) is 9.99. The van der Waals surface area contributed by atoms with E-state index >= 15 is 0 Å². The lowest BCUT2D eigenvalue weighted by Gasteiger charge is -2.21. The van der Waals surface area contributed by atoms with Gasteiger partial charge in [0.1, 0.15) is 6.61 Å². The van der Waals surface area contributed by atoms with Gasteiger partial charge in [0.05, 0.1) is 23.2 Å². The molecule has 0 aliphatic carbocycles. The minimum absolute atomic E-state index is 0.264. The fraction of sp³-hybridized carbons (Fsp3) is 0.500. The number of carbonyl (C=O) groups is 1. The molecule has 0 saturated carbocycles. The molecule has 0 spiro atoms. The Morgan fingerprint density at radius 2 is 1.76 bits per heavy atom. The highest BCUT2D eigenvalue weighted by atomic mass is 35.5. The molecule has 0 fully saturated rings. The van der Waals surface area contributed by atoms with Gasteiger partial charge in [-0.05, 0) is 25.5 Å². The van der Waals surface area contributed by atoms with Gasteiger partial charge in [-0.25, -0.2) is 4.79 Å². The predicted octanol–water partition coefficient (Wildman–Crippen LogP) is 4.89. The molecule has 0 radical (unpaired) electrons. The lowest BCUT2D eigenvalue weighted by molar-refractivity contribution is 0.100. The molecule has 0 aliphatic rings. The molecule has 0 unspecified atom stereocenters. The van der Waals surface area contributed by atoms with Crippen molar-refractivity contribution in [3.8, 4) is 5.75 Å². The zero-order valence-electron chi connectivity index (χ0n) is 12.0. The molecule has 0 aliphatic heterocycles. The number of hydrogen-bond donors (Lipinski definition) is 0. The van der Waals surface area contributed by atoms with Gasteiger partial charge in [0.25, 0.3) is 0 Å². The molecule has 21 heavy (non-hydrogen) atoms. The maximum absolute atomic E-state index is 11.7. The average molecular weight is 355 g/mol. The fourth-order valence-electron chi connectivity index (χ4n) is 1.70. The average Bonchev–Trinajstić information content (AvgIpc) is 2.40. The van der Waals surface area contributed by atoms with Crippen LogP contribution in [0.15, 0.2) is 12.1 Å². The Bertz CT molecular complexity index is 460. The monoisotopic (exact) mass is 353 g/mol. The van der Waals surface area contributed by atoms with Gasteiger partial charge in [0.2, 0.25) is 0 Å². The van der Waals surface area contributed by atoms with E-state index in [2.05, 4.69) is 0 Å². The zero-order chi connectivity index (χ0) is 15.8. The zero-order valence-corrected chi connectivity index (χ0v) is 14.3. The summed E-state index contributed by atoms with van der Waals surface area (Å²) in [6, 6.07) is 3.11. The van der Waals surface area contributed by atoms with Crippen molar-refractivity contribution in [1.29, 1.82) is 0 Å². The summed E-state index contributed by atoms with van der Waals surface area (Å²) in [6.07, 6.45) is 0.484. The molecular formula is C14H18Cl3NO3. The number of nitrogens with zero attached hydrogens (tertiary/aromatic N) is 1. The summed E-state index contributed by atoms with van der Waals surface area (Å²) in [4.78, 5) is 13.3. The highest BCUT2D eigenvalue weighted by Crippen LogP contribution is 2.35. The molecule has 1 rings (SSSR count). The summed E-state index contributed by atoms with van der Waals surface area (Å²) in [5.74, 6) is 0.364. The van der Waals surface area contributed by atoms with Crippen LogP contribution in [0.1, 0.15) is 20.3 Å². The van der Waals surface area contributed by atoms with Crippen LogP contribution in [0.3, 0.4) is 0 Å². The fourth-order valence-corrected chi connectivity index (χ4v) is 2.63. The predicted molar refractivity (Wildman–Crippen MR) is 85.9 cm³/mol. The smallest absolute Gasteiger partial charge is 0.409 e. The SMILES string of the molecule is CCCN(CCOc1c(Cl)cc(Cl)cc1Cl)C(=O)OCC. The lowest BCUT2D eigenvalue weighted by atomic mass is 10.3. The molecule has 0 bridgehead atoms. The second-order valence-corrected chi connectivity index (χ2v) is 5.48. The van der Waals surface area contributed by atoms with Crippen molar-refractivity contribution in [2.45, 2.75) is 20.3 Å². The van der Waals surface area contributed by atoms with E-state index < -0.39 is 0 Å². The maximum Gasteiger partial charge on any atom is 0.409 e. The maximum atomic E-state index is 11.7. The van der Waals surface area contributed by atoms with Gasteiger partial charge in [-0.15, -0.1) is 0 Å². The Morgan fingerprint density at radius 1 is 1.14 bits per heavy atom. The van der Waals surface area contributed by atoms with Crippen molar-refractivity contribution in [3.05, 3.63) is 27.2 Å². The van der Waals surface area contributed by atoms with Gasteiger partial charge in [0.15, 0.2) is 5.75 Å². The van der Waals surface area contributed by atoms with Gasteiger partial charge in [0, 0.05) is 11.6 Å². The second kappa shape index (κ2) is 9.23. The summed E-state index contributed by atoms with van der Waals surface area (Å²) in [5.41, 5.74) is 0. The van der Waals surface area contributed by atoms with Crippen molar-refractivity contribution >= 4 is 40.9 Å². The summed E-state index contributed by atoms with van der Waals surface area (Å²) < 4.78 is 10.5. The molecule has 0 N–H and O–H groups in total. The number of ether oxygens (including phenoxy) is 2. The summed E-state index contributed by atoms with van der Waals surface area (Å²) in [7, 11) is 0. The van der Waals surface area contributed by atoms with Crippen molar-refractivity contribution in [1.82, 2.24) is 4.90 Å². The first kappa shape index (κ1) is 18.2. The highest BCUT2D eigenvalue weighted by Gasteiger charge is 2.15. The van der Waals surface area contributed by atoms with Crippen LogP contribution in [0.2, 0.25) is 15.1 Å². The van der Waals surface area contributed by atoms with E-state index in [0.29, 0.717) is 40.5 Å². The molecule has 1 amide bonds. The third-order valence-electron chi connectivity index (χ3n) is 2.59.